The maximum absolute atomic E-state index is 13.0. The van der Waals surface area contributed by atoms with Crippen LogP contribution < -0.4 is 5.32 Å². The summed E-state index contributed by atoms with van der Waals surface area (Å²) in [7, 11) is 0. The third kappa shape index (κ3) is 3.83. The van der Waals surface area contributed by atoms with Gasteiger partial charge in [0.1, 0.15) is 0 Å². The van der Waals surface area contributed by atoms with Crippen molar-refractivity contribution < 1.29 is 18.0 Å². The summed E-state index contributed by atoms with van der Waals surface area (Å²) in [4.78, 5) is 15.8. The van der Waals surface area contributed by atoms with Gasteiger partial charge in [-0.3, -0.25) is 14.5 Å². The minimum absolute atomic E-state index is 0.282. The molecule has 1 fully saturated rings. The molecule has 2 aromatic heterocycles. The lowest BCUT2D eigenvalue weighted by Crippen LogP contribution is -2.20. The van der Waals surface area contributed by atoms with E-state index in [0.29, 0.717) is 12.0 Å². The summed E-state index contributed by atoms with van der Waals surface area (Å²) < 4.78 is 40.9. The molecule has 0 aromatic carbocycles. The van der Waals surface area contributed by atoms with Gasteiger partial charge in [0.15, 0.2) is 5.82 Å². The Kier molecular flexibility index (Phi) is 4.78. The number of anilines is 1. The molecule has 0 unspecified atom stereocenters. The van der Waals surface area contributed by atoms with Gasteiger partial charge in [-0.2, -0.15) is 18.3 Å². The van der Waals surface area contributed by atoms with E-state index in [1.165, 1.54) is 6.42 Å². The van der Waals surface area contributed by atoms with Crippen LogP contribution in [-0.4, -0.2) is 20.7 Å². The number of carbonyl (C=O) groups is 1. The molecule has 25 heavy (non-hydrogen) atoms. The van der Waals surface area contributed by atoms with Crippen LogP contribution in [-0.2, 0) is 6.18 Å². The quantitative estimate of drug-likeness (QED) is 0.893. The number of hydrogen-bond donors (Lipinski definition) is 1. The van der Waals surface area contributed by atoms with E-state index in [1.807, 2.05) is 10.9 Å². The van der Waals surface area contributed by atoms with Gasteiger partial charge in [0.05, 0.1) is 17.2 Å². The van der Waals surface area contributed by atoms with Crippen molar-refractivity contribution in [2.24, 2.45) is 0 Å². The fourth-order valence-electron chi connectivity index (χ4n) is 3.13. The van der Waals surface area contributed by atoms with Crippen LogP contribution in [0.25, 0.3) is 0 Å². The molecule has 2 aromatic rings. The van der Waals surface area contributed by atoms with Crippen molar-refractivity contribution in [2.75, 3.05) is 5.32 Å². The summed E-state index contributed by atoms with van der Waals surface area (Å²) >= 11 is 0. The first-order chi connectivity index (χ1) is 11.9. The first-order valence-corrected chi connectivity index (χ1v) is 8.24. The lowest BCUT2D eigenvalue weighted by molar-refractivity contribution is -0.138. The second-order valence-corrected chi connectivity index (χ2v) is 6.31. The topological polar surface area (TPSA) is 59.8 Å². The summed E-state index contributed by atoms with van der Waals surface area (Å²) in [5.41, 5.74) is -0.799. The molecule has 8 heteroatoms. The molecule has 3 rings (SSSR count). The zero-order valence-electron chi connectivity index (χ0n) is 13.8. The lowest BCUT2D eigenvalue weighted by atomic mass is 9.96. The maximum atomic E-state index is 13.0. The minimum Gasteiger partial charge on any atom is -0.305 e. The number of alkyl halides is 3. The van der Waals surface area contributed by atoms with Crippen molar-refractivity contribution in [1.82, 2.24) is 14.8 Å². The second-order valence-electron chi connectivity index (χ2n) is 6.31. The molecule has 0 saturated heterocycles. The van der Waals surface area contributed by atoms with Crippen molar-refractivity contribution in [2.45, 2.75) is 51.2 Å². The number of hydrogen-bond acceptors (Lipinski definition) is 3. The smallest absolute Gasteiger partial charge is 0.305 e. The van der Waals surface area contributed by atoms with E-state index in [0.717, 1.165) is 43.5 Å². The van der Waals surface area contributed by atoms with Crippen LogP contribution in [0.3, 0.4) is 0 Å². The van der Waals surface area contributed by atoms with E-state index >= 15 is 0 Å². The molecular formula is C17H19F3N4O. The Balaban J connectivity index is 1.81. The lowest BCUT2D eigenvalue weighted by Gasteiger charge is -2.21. The highest BCUT2D eigenvalue weighted by atomic mass is 19.4. The molecule has 134 valence electrons. The highest BCUT2D eigenvalue weighted by Gasteiger charge is 2.35. The Labute approximate surface area is 143 Å². The average molecular weight is 352 g/mol. The SMILES string of the molecule is Cc1cn(C2CCCCC2)nc1NC(=O)c1ccncc1C(F)(F)F. The Bertz CT molecular complexity index is 763. The molecule has 1 saturated carbocycles. The molecule has 0 atom stereocenters. The molecule has 0 aliphatic heterocycles. The number of amides is 1. The number of aromatic nitrogens is 3. The number of aryl methyl sites for hydroxylation is 1. The molecule has 0 radical (unpaired) electrons. The van der Waals surface area contributed by atoms with E-state index in [2.05, 4.69) is 15.4 Å². The summed E-state index contributed by atoms with van der Waals surface area (Å²) in [6.45, 7) is 1.78. The Hall–Kier alpha value is -2.38. The van der Waals surface area contributed by atoms with Gasteiger partial charge in [0.25, 0.3) is 5.91 Å². The molecule has 1 N–H and O–H groups in total. The molecule has 1 aliphatic rings. The van der Waals surface area contributed by atoms with E-state index < -0.39 is 23.2 Å². The third-order valence-corrected chi connectivity index (χ3v) is 4.47. The molecule has 5 nitrogen and oxygen atoms in total. The van der Waals surface area contributed by atoms with Gasteiger partial charge in [-0.25, -0.2) is 0 Å². The van der Waals surface area contributed by atoms with E-state index in [1.54, 1.807) is 6.92 Å². The fourth-order valence-corrected chi connectivity index (χ4v) is 3.13. The molecule has 2 heterocycles. The van der Waals surface area contributed by atoms with Gasteiger partial charge in [-0.15, -0.1) is 0 Å². The fraction of sp³-hybridized carbons (Fsp3) is 0.471. The second kappa shape index (κ2) is 6.85. The van der Waals surface area contributed by atoms with Crippen molar-refractivity contribution in [3.8, 4) is 0 Å². The maximum Gasteiger partial charge on any atom is 0.418 e. The Morgan fingerprint density at radius 2 is 2.00 bits per heavy atom. The minimum atomic E-state index is -4.64. The number of pyridine rings is 1. The van der Waals surface area contributed by atoms with Crippen LogP contribution in [0.15, 0.2) is 24.7 Å². The number of nitrogens with zero attached hydrogens (tertiary/aromatic N) is 3. The molecule has 1 aliphatic carbocycles. The Morgan fingerprint density at radius 3 is 2.68 bits per heavy atom. The molecular weight excluding hydrogens is 333 g/mol. The zero-order chi connectivity index (χ0) is 18.0. The first kappa shape index (κ1) is 17.4. The highest BCUT2D eigenvalue weighted by molar-refractivity contribution is 6.05. The summed E-state index contributed by atoms with van der Waals surface area (Å²) in [6.07, 6.45) is 4.55. The average Bonchev–Trinajstić information content (AvgIpc) is 2.95. The third-order valence-electron chi connectivity index (χ3n) is 4.47. The van der Waals surface area contributed by atoms with Gasteiger partial charge >= 0.3 is 6.18 Å². The normalized spacial score (nSPS) is 16.0. The predicted molar refractivity (Wildman–Crippen MR) is 86.3 cm³/mol. The Morgan fingerprint density at radius 1 is 1.28 bits per heavy atom. The van der Waals surface area contributed by atoms with Crippen LogP contribution in [0.4, 0.5) is 19.0 Å². The summed E-state index contributed by atoms with van der Waals surface area (Å²) in [5.74, 6) is -0.549. The van der Waals surface area contributed by atoms with Crippen LogP contribution in [0, 0.1) is 6.92 Å². The molecule has 0 spiro atoms. The van der Waals surface area contributed by atoms with E-state index in [4.69, 9.17) is 0 Å². The van der Waals surface area contributed by atoms with Gasteiger partial charge in [0.2, 0.25) is 0 Å². The number of halogens is 3. The van der Waals surface area contributed by atoms with Crippen LogP contribution in [0.5, 0.6) is 0 Å². The van der Waals surface area contributed by atoms with E-state index in [9.17, 15) is 18.0 Å². The van der Waals surface area contributed by atoms with Crippen molar-refractivity contribution in [1.29, 1.82) is 0 Å². The van der Waals surface area contributed by atoms with E-state index in [-0.39, 0.29) is 6.04 Å². The standard InChI is InChI=1S/C17H19F3N4O/c1-11-10-24(12-5-3-2-4-6-12)23-15(11)22-16(25)13-7-8-21-9-14(13)17(18,19)20/h7-10,12H,2-6H2,1H3,(H,22,23,25). The monoisotopic (exact) mass is 352 g/mol. The number of rotatable bonds is 3. The summed E-state index contributed by atoms with van der Waals surface area (Å²) in [5, 5.41) is 6.88. The van der Waals surface area contributed by atoms with Crippen molar-refractivity contribution in [3.63, 3.8) is 0 Å². The van der Waals surface area contributed by atoms with Gasteiger partial charge in [-0.1, -0.05) is 19.3 Å². The van der Waals surface area contributed by atoms with Crippen LogP contribution in [0.2, 0.25) is 0 Å². The van der Waals surface area contributed by atoms with Crippen molar-refractivity contribution >= 4 is 11.7 Å². The van der Waals surface area contributed by atoms with Crippen LogP contribution in [0.1, 0.15) is 59.6 Å². The summed E-state index contributed by atoms with van der Waals surface area (Å²) in [6, 6.07) is 1.34. The molecule has 1 amide bonds. The number of nitrogens with one attached hydrogen (secondary N) is 1. The first-order valence-electron chi connectivity index (χ1n) is 8.24. The highest BCUT2D eigenvalue weighted by Crippen LogP contribution is 2.32. The van der Waals surface area contributed by atoms with Gasteiger partial charge < -0.3 is 5.32 Å². The number of carbonyl (C=O) groups excluding carboxylic acids is 1. The zero-order valence-corrected chi connectivity index (χ0v) is 13.8. The van der Waals surface area contributed by atoms with Crippen LogP contribution >= 0.6 is 0 Å². The van der Waals surface area contributed by atoms with Gasteiger partial charge in [0, 0.05) is 24.2 Å². The predicted octanol–water partition coefficient (Wildman–Crippen LogP) is 4.36. The molecule has 0 bridgehead atoms. The van der Waals surface area contributed by atoms with Crippen molar-refractivity contribution in [3.05, 3.63) is 41.3 Å². The van der Waals surface area contributed by atoms with Gasteiger partial charge in [-0.05, 0) is 25.8 Å². The largest absolute Gasteiger partial charge is 0.418 e.